The fourth-order valence-electron chi connectivity index (χ4n) is 2.36. The number of amides is 3. The molecule has 1 aliphatic rings. The van der Waals surface area contributed by atoms with Gasteiger partial charge in [0.15, 0.2) is 0 Å². The first-order valence-corrected chi connectivity index (χ1v) is 7.86. The second kappa shape index (κ2) is 7.20. The molecule has 1 saturated heterocycles. The monoisotopic (exact) mass is 343 g/mol. The van der Waals surface area contributed by atoms with Gasteiger partial charge < -0.3 is 15.1 Å². The summed E-state index contributed by atoms with van der Waals surface area (Å²) in [5.41, 5.74) is 0.421. The molecule has 22 heavy (non-hydrogen) atoms. The smallest absolute Gasteiger partial charge is 0.317 e. The molecule has 7 heteroatoms. The van der Waals surface area contributed by atoms with E-state index in [1.807, 2.05) is 0 Å². The molecule has 0 bridgehead atoms. The average Bonchev–Trinajstić information content (AvgIpc) is 2.49. The minimum absolute atomic E-state index is 0.0915. The Morgan fingerprint density at radius 3 is 2.45 bits per heavy atom. The SMILES string of the molecule is CN(C)C(=O)NC1CCN(C(=O)c2cc(Cl)ccc2Cl)CC1. The standard InChI is InChI=1S/C15H19Cl2N3O2/c1-19(2)15(22)18-11-5-7-20(8-6-11)14(21)12-9-10(16)3-4-13(12)17/h3-4,9,11H,5-8H2,1-2H3,(H,18,22). The van der Waals surface area contributed by atoms with Crippen LogP contribution in [0, 0.1) is 0 Å². The van der Waals surface area contributed by atoms with Crippen molar-refractivity contribution in [1.29, 1.82) is 0 Å². The molecule has 1 N–H and O–H groups in total. The van der Waals surface area contributed by atoms with E-state index in [2.05, 4.69) is 5.32 Å². The van der Waals surface area contributed by atoms with Crippen LogP contribution in [-0.4, -0.2) is 55.0 Å². The van der Waals surface area contributed by atoms with E-state index in [1.165, 1.54) is 4.90 Å². The molecule has 120 valence electrons. The molecule has 0 spiro atoms. The number of carbonyl (C=O) groups excluding carboxylic acids is 2. The maximum absolute atomic E-state index is 12.5. The second-order valence-corrected chi connectivity index (χ2v) is 6.38. The largest absolute Gasteiger partial charge is 0.338 e. The van der Waals surface area contributed by atoms with Gasteiger partial charge in [0.2, 0.25) is 0 Å². The minimum Gasteiger partial charge on any atom is -0.338 e. The Hall–Kier alpha value is -1.46. The van der Waals surface area contributed by atoms with Crippen molar-refractivity contribution >= 4 is 35.1 Å². The first-order valence-electron chi connectivity index (χ1n) is 7.10. The van der Waals surface area contributed by atoms with Gasteiger partial charge in [-0.3, -0.25) is 4.79 Å². The van der Waals surface area contributed by atoms with E-state index in [-0.39, 0.29) is 18.0 Å². The Kier molecular flexibility index (Phi) is 5.53. The van der Waals surface area contributed by atoms with E-state index < -0.39 is 0 Å². The first kappa shape index (κ1) is 16.9. The van der Waals surface area contributed by atoms with E-state index >= 15 is 0 Å². The molecule has 1 aliphatic heterocycles. The number of hydrogen-bond acceptors (Lipinski definition) is 2. The molecule has 2 rings (SSSR count). The van der Waals surface area contributed by atoms with E-state index in [0.29, 0.717) is 28.7 Å². The van der Waals surface area contributed by atoms with Crippen LogP contribution in [0.25, 0.3) is 0 Å². The Bertz CT molecular complexity index is 570. The maximum atomic E-state index is 12.5. The molecule has 0 atom stereocenters. The lowest BCUT2D eigenvalue weighted by molar-refractivity contribution is 0.0707. The highest BCUT2D eigenvalue weighted by Gasteiger charge is 2.26. The fourth-order valence-corrected chi connectivity index (χ4v) is 2.73. The molecule has 3 amide bonds. The third-order valence-corrected chi connectivity index (χ3v) is 4.24. The summed E-state index contributed by atoms with van der Waals surface area (Å²) in [5, 5.41) is 3.83. The highest BCUT2D eigenvalue weighted by atomic mass is 35.5. The molecule has 1 fully saturated rings. The van der Waals surface area contributed by atoms with E-state index in [0.717, 1.165) is 12.8 Å². The summed E-state index contributed by atoms with van der Waals surface area (Å²) < 4.78 is 0. The Labute approximate surface area is 140 Å². The van der Waals surface area contributed by atoms with Gasteiger partial charge in [-0.25, -0.2) is 4.79 Å². The van der Waals surface area contributed by atoms with Gasteiger partial charge in [0.05, 0.1) is 10.6 Å². The van der Waals surface area contributed by atoms with Gasteiger partial charge in [0, 0.05) is 38.2 Å². The molecule has 5 nitrogen and oxygen atoms in total. The van der Waals surface area contributed by atoms with Crippen LogP contribution in [0.15, 0.2) is 18.2 Å². The molecular weight excluding hydrogens is 325 g/mol. The van der Waals surface area contributed by atoms with Gasteiger partial charge >= 0.3 is 6.03 Å². The van der Waals surface area contributed by atoms with Gasteiger partial charge in [0.25, 0.3) is 5.91 Å². The van der Waals surface area contributed by atoms with Crippen LogP contribution in [0.1, 0.15) is 23.2 Å². The van der Waals surface area contributed by atoms with Crippen LogP contribution in [0.4, 0.5) is 4.79 Å². The normalized spacial score (nSPS) is 15.5. The Morgan fingerprint density at radius 1 is 1.23 bits per heavy atom. The molecule has 0 unspecified atom stereocenters. The van der Waals surface area contributed by atoms with Gasteiger partial charge in [-0.05, 0) is 31.0 Å². The highest BCUT2D eigenvalue weighted by molar-refractivity contribution is 6.35. The predicted octanol–water partition coefficient (Wildman–Crippen LogP) is 2.87. The van der Waals surface area contributed by atoms with Gasteiger partial charge in [-0.2, -0.15) is 0 Å². The van der Waals surface area contributed by atoms with Gasteiger partial charge in [0.1, 0.15) is 0 Å². The lowest BCUT2D eigenvalue weighted by atomic mass is 10.0. The topological polar surface area (TPSA) is 52.7 Å². The Balaban J connectivity index is 1.95. The average molecular weight is 344 g/mol. The summed E-state index contributed by atoms with van der Waals surface area (Å²) in [7, 11) is 3.41. The number of benzene rings is 1. The minimum atomic E-state index is -0.120. The molecule has 1 heterocycles. The molecule has 0 aromatic heterocycles. The molecule has 1 aromatic carbocycles. The lowest BCUT2D eigenvalue weighted by Gasteiger charge is -2.33. The van der Waals surface area contributed by atoms with Crippen LogP contribution < -0.4 is 5.32 Å². The van der Waals surface area contributed by atoms with Crippen LogP contribution in [0.2, 0.25) is 10.0 Å². The number of nitrogens with one attached hydrogen (secondary N) is 1. The molecule has 0 saturated carbocycles. The molecule has 0 radical (unpaired) electrons. The van der Waals surface area contributed by atoms with E-state index in [4.69, 9.17) is 23.2 Å². The number of hydrogen-bond donors (Lipinski definition) is 1. The van der Waals surface area contributed by atoms with Crippen molar-refractivity contribution in [1.82, 2.24) is 15.1 Å². The van der Waals surface area contributed by atoms with Crippen molar-refractivity contribution in [2.75, 3.05) is 27.2 Å². The zero-order chi connectivity index (χ0) is 16.3. The third kappa shape index (κ3) is 4.05. The van der Waals surface area contributed by atoms with Crippen molar-refractivity contribution < 1.29 is 9.59 Å². The zero-order valence-electron chi connectivity index (χ0n) is 12.6. The number of urea groups is 1. The number of likely N-dealkylation sites (tertiary alicyclic amines) is 1. The van der Waals surface area contributed by atoms with Crippen molar-refractivity contribution in [2.24, 2.45) is 0 Å². The lowest BCUT2D eigenvalue weighted by Crippen LogP contribution is -2.48. The maximum Gasteiger partial charge on any atom is 0.317 e. The molecule has 0 aliphatic carbocycles. The van der Waals surface area contributed by atoms with Crippen molar-refractivity contribution in [3.8, 4) is 0 Å². The molecular formula is C15H19Cl2N3O2. The summed E-state index contributed by atoms with van der Waals surface area (Å²) in [6, 6.07) is 4.85. The summed E-state index contributed by atoms with van der Waals surface area (Å²) in [4.78, 5) is 27.4. The number of halogens is 2. The fraction of sp³-hybridized carbons (Fsp3) is 0.467. The van der Waals surface area contributed by atoms with E-state index in [9.17, 15) is 9.59 Å². The van der Waals surface area contributed by atoms with Crippen LogP contribution in [0.3, 0.4) is 0 Å². The first-order chi connectivity index (χ1) is 10.4. The van der Waals surface area contributed by atoms with Gasteiger partial charge in [-0.1, -0.05) is 23.2 Å². The van der Waals surface area contributed by atoms with Crippen molar-refractivity contribution in [3.05, 3.63) is 33.8 Å². The number of nitrogens with zero attached hydrogens (tertiary/aromatic N) is 2. The van der Waals surface area contributed by atoms with Crippen LogP contribution >= 0.6 is 23.2 Å². The zero-order valence-corrected chi connectivity index (χ0v) is 14.1. The van der Waals surface area contributed by atoms with E-state index in [1.54, 1.807) is 37.2 Å². The second-order valence-electron chi connectivity index (χ2n) is 5.53. The predicted molar refractivity (Wildman–Crippen MR) is 87.6 cm³/mol. The number of piperidine rings is 1. The van der Waals surface area contributed by atoms with Gasteiger partial charge in [-0.15, -0.1) is 0 Å². The summed E-state index contributed by atoms with van der Waals surface area (Å²) in [5.74, 6) is -0.120. The quantitative estimate of drug-likeness (QED) is 0.897. The Morgan fingerprint density at radius 2 is 1.86 bits per heavy atom. The molecule has 1 aromatic rings. The summed E-state index contributed by atoms with van der Waals surface area (Å²) in [6.07, 6.45) is 1.45. The summed E-state index contributed by atoms with van der Waals surface area (Å²) >= 11 is 12.0. The highest BCUT2D eigenvalue weighted by Crippen LogP contribution is 2.23. The van der Waals surface area contributed by atoms with Crippen LogP contribution in [-0.2, 0) is 0 Å². The summed E-state index contributed by atoms with van der Waals surface area (Å²) in [6.45, 7) is 1.17. The van der Waals surface area contributed by atoms with Crippen molar-refractivity contribution in [2.45, 2.75) is 18.9 Å². The van der Waals surface area contributed by atoms with Crippen molar-refractivity contribution in [3.63, 3.8) is 0 Å². The van der Waals surface area contributed by atoms with Crippen LogP contribution in [0.5, 0.6) is 0 Å². The third-order valence-electron chi connectivity index (χ3n) is 3.67. The number of rotatable bonds is 2. The number of carbonyl (C=O) groups is 2.